The first kappa shape index (κ1) is 16.9. The smallest absolute Gasteiger partial charge is 0.265 e. The van der Waals surface area contributed by atoms with Crippen molar-refractivity contribution in [1.29, 1.82) is 0 Å². The maximum absolute atomic E-state index is 12.4. The van der Waals surface area contributed by atoms with E-state index in [9.17, 15) is 9.90 Å². The molecule has 0 bridgehead atoms. The number of carbonyl (C=O) groups is 1. The third kappa shape index (κ3) is 4.04. The average Bonchev–Trinajstić information content (AvgIpc) is 2.66. The van der Waals surface area contributed by atoms with Crippen LogP contribution in [0, 0.1) is 5.92 Å². The van der Waals surface area contributed by atoms with Gasteiger partial charge in [0, 0.05) is 32.2 Å². The van der Waals surface area contributed by atoms with Gasteiger partial charge in [-0.2, -0.15) is 0 Å². The van der Waals surface area contributed by atoms with Crippen molar-refractivity contribution < 1.29 is 9.90 Å². The van der Waals surface area contributed by atoms with Gasteiger partial charge in [0.25, 0.3) is 5.91 Å². The second-order valence-electron chi connectivity index (χ2n) is 5.85. The van der Waals surface area contributed by atoms with E-state index in [1.165, 1.54) is 11.8 Å². The maximum Gasteiger partial charge on any atom is 0.265 e. The standard InChI is InChI=1S/C14H23N3O2S2/c1-9(2)8-17-13(19)12(21-14(17)20)6-11-7-15-4-5-16(11)10(3)18/h6,9-11,15,18H,4-5,7-8H2,1-3H3. The minimum absolute atomic E-state index is 0.00480. The molecule has 0 saturated carbocycles. The van der Waals surface area contributed by atoms with Crippen LogP contribution in [0.3, 0.4) is 0 Å². The number of hydrogen-bond donors (Lipinski definition) is 2. The van der Waals surface area contributed by atoms with E-state index < -0.39 is 6.23 Å². The average molecular weight is 329 g/mol. The third-order valence-corrected chi connectivity index (χ3v) is 4.97. The highest BCUT2D eigenvalue weighted by Crippen LogP contribution is 2.32. The van der Waals surface area contributed by atoms with Gasteiger partial charge in [-0.3, -0.25) is 14.6 Å². The second-order valence-corrected chi connectivity index (χ2v) is 7.53. The van der Waals surface area contributed by atoms with Crippen LogP contribution in [0.4, 0.5) is 0 Å². The number of thiocarbonyl (C=S) groups is 1. The van der Waals surface area contributed by atoms with E-state index in [0.717, 1.165) is 19.6 Å². The lowest BCUT2D eigenvalue weighted by Gasteiger charge is -2.36. The fourth-order valence-electron chi connectivity index (χ4n) is 2.57. The lowest BCUT2D eigenvalue weighted by molar-refractivity contribution is -0.122. The van der Waals surface area contributed by atoms with Gasteiger partial charge in [0.1, 0.15) is 10.5 Å². The lowest BCUT2D eigenvalue weighted by atomic mass is 10.1. The van der Waals surface area contributed by atoms with E-state index >= 15 is 0 Å². The van der Waals surface area contributed by atoms with Gasteiger partial charge in [-0.25, -0.2) is 0 Å². The van der Waals surface area contributed by atoms with Crippen LogP contribution in [-0.4, -0.2) is 63.6 Å². The molecule has 0 aromatic heterocycles. The van der Waals surface area contributed by atoms with Gasteiger partial charge in [-0.1, -0.05) is 37.8 Å². The van der Waals surface area contributed by atoms with Crippen LogP contribution < -0.4 is 5.32 Å². The number of nitrogens with one attached hydrogen (secondary N) is 1. The zero-order chi connectivity index (χ0) is 15.6. The Morgan fingerprint density at radius 2 is 2.24 bits per heavy atom. The Hall–Kier alpha value is -0.470. The van der Waals surface area contributed by atoms with Crippen LogP contribution in [0.25, 0.3) is 0 Å². The summed E-state index contributed by atoms with van der Waals surface area (Å²) in [6.07, 6.45) is 1.42. The maximum atomic E-state index is 12.4. The van der Waals surface area contributed by atoms with E-state index in [1.54, 1.807) is 11.8 Å². The molecule has 1 amide bonds. The van der Waals surface area contributed by atoms with Gasteiger partial charge in [0.05, 0.1) is 4.91 Å². The normalized spacial score (nSPS) is 28.0. The van der Waals surface area contributed by atoms with Crippen molar-refractivity contribution >= 4 is 34.2 Å². The Kier molecular flexibility index (Phi) is 5.79. The number of aliphatic hydroxyl groups excluding tert-OH is 1. The zero-order valence-electron chi connectivity index (χ0n) is 12.7. The fraction of sp³-hybridized carbons (Fsp3) is 0.714. The Bertz CT molecular complexity index is 452. The highest BCUT2D eigenvalue weighted by Gasteiger charge is 2.34. The van der Waals surface area contributed by atoms with Crippen LogP contribution in [0.5, 0.6) is 0 Å². The third-order valence-electron chi connectivity index (χ3n) is 3.57. The molecule has 2 aliphatic heterocycles. The molecule has 2 saturated heterocycles. The molecule has 7 heteroatoms. The minimum atomic E-state index is -0.519. The summed E-state index contributed by atoms with van der Waals surface area (Å²) in [7, 11) is 0. The van der Waals surface area contributed by atoms with E-state index in [0.29, 0.717) is 21.7 Å². The fourth-order valence-corrected chi connectivity index (χ4v) is 3.88. The molecule has 0 aliphatic carbocycles. The SMILES string of the molecule is CC(C)CN1C(=O)C(=CC2CNCCN2C(C)O)SC1=S. The summed E-state index contributed by atoms with van der Waals surface area (Å²) in [5, 5.41) is 13.2. The van der Waals surface area contributed by atoms with Gasteiger partial charge < -0.3 is 10.4 Å². The topological polar surface area (TPSA) is 55.8 Å². The molecule has 2 rings (SSSR count). The number of hydrogen-bond acceptors (Lipinski definition) is 6. The molecule has 118 valence electrons. The van der Waals surface area contributed by atoms with Gasteiger partial charge >= 0.3 is 0 Å². The minimum Gasteiger partial charge on any atom is -0.379 e. The van der Waals surface area contributed by atoms with Crippen LogP contribution in [0.15, 0.2) is 11.0 Å². The predicted octanol–water partition coefficient (Wildman–Crippen LogP) is 0.999. The number of carbonyl (C=O) groups excluding carboxylic acids is 1. The van der Waals surface area contributed by atoms with Crippen LogP contribution in [0.1, 0.15) is 20.8 Å². The van der Waals surface area contributed by atoms with Crippen molar-refractivity contribution in [2.24, 2.45) is 5.92 Å². The molecule has 0 spiro atoms. The summed E-state index contributed by atoms with van der Waals surface area (Å²) >= 11 is 6.67. The molecule has 2 unspecified atom stereocenters. The highest BCUT2D eigenvalue weighted by atomic mass is 32.2. The van der Waals surface area contributed by atoms with Gasteiger partial charge in [0.2, 0.25) is 0 Å². The van der Waals surface area contributed by atoms with E-state index in [-0.39, 0.29) is 11.9 Å². The molecule has 2 heterocycles. The number of aliphatic hydroxyl groups is 1. The summed E-state index contributed by atoms with van der Waals surface area (Å²) in [6, 6.07) is 0.0204. The molecule has 5 nitrogen and oxygen atoms in total. The van der Waals surface area contributed by atoms with Gasteiger partial charge in [-0.05, 0) is 18.9 Å². The van der Waals surface area contributed by atoms with Crippen molar-refractivity contribution in [1.82, 2.24) is 15.1 Å². The largest absolute Gasteiger partial charge is 0.379 e. The lowest BCUT2D eigenvalue weighted by Crippen LogP contribution is -2.53. The molecule has 21 heavy (non-hydrogen) atoms. The van der Waals surface area contributed by atoms with Crippen molar-refractivity contribution in [3.8, 4) is 0 Å². The molecule has 2 aliphatic rings. The molecular weight excluding hydrogens is 306 g/mol. The molecule has 2 fully saturated rings. The zero-order valence-corrected chi connectivity index (χ0v) is 14.3. The Morgan fingerprint density at radius 3 is 2.86 bits per heavy atom. The molecule has 0 radical (unpaired) electrons. The van der Waals surface area contributed by atoms with Crippen molar-refractivity contribution in [3.63, 3.8) is 0 Å². The van der Waals surface area contributed by atoms with Crippen molar-refractivity contribution in [2.45, 2.75) is 33.0 Å². The second kappa shape index (κ2) is 7.19. The van der Waals surface area contributed by atoms with E-state index in [1.807, 2.05) is 11.0 Å². The Labute approximate surface area is 135 Å². The summed E-state index contributed by atoms with van der Waals surface area (Å²) in [6.45, 7) is 8.92. The Balaban J connectivity index is 2.13. The first-order chi connectivity index (χ1) is 9.90. The number of amides is 1. The first-order valence-corrected chi connectivity index (χ1v) is 8.52. The highest BCUT2D eigenvalue weighted by molar-refractivity contribution is 8.26. The Morgan fingerprint density at radius 1 is 1.52 bits per heavy atom. The molecule has 0 aromatic carbocycles. The molecule has 2 N–H and O–H groups in total. The van der Waals surface area contributed by atoms with Crippen LogP contribution >= 0.6 is 24.0 Å². The predicted molar refractivity (Wildman–Crippen MR) is 89.9 cm³/mol. The molecule has 0 aromatic rings. The first-order valence-electron chi connectivity index (χ1n) is 7.30. The van der Waals surface area contributed by atoms with E-state index in [2.05, 4.69) is 19.2 Å². The van der Waals surface area contributed by atoms with Crippen LogP contribution in [0.2, 0.25) is 0 Å². The monoisotopic (exact) mass is 329 g/mol. The number of thioether (sulfide) groups is 1. The van der Waals surface area contributed by atoms with Crippen LogP contribution in [-0.2, 0) is 4.79 Å². The number of nitrogens with zero attached hydrogens (tertiary/aromatic N) is 2. The molecular formula is C14H23N3O2S2. The number of rotatable bonds is 4. The summed E-state index contributed by atoms with van der Waals surface area (Å²) < 4.78 is 0.632. The summed E-state index contributed by atoms with van der Waals surface area (Å²) in [4.78, 5) is 16.8. The quantitative estimate of drug-likeness (QED) is 0.593. The number of piperazine rings is 1. The summed E-state index contributed by atoms with van der Waals surface area (Å²) in [5.74, 6) is 0.381. The molecule has 2 atom stereocenters. The van der Waals surface area contributed by atoms with Gasteiger partial charge in [-0.15, -0.1) is 0 Å². The van der Waals surface area contributed by atoms with Crippen molar-refractivity contribution in [2.75, 3.05) is 26.2 Å². The van der Waals surface area contributed by atoms with E-state index in [4.69, 9.17) is 12.2 Å². The van der Waals surface area contributed by atoms with Gasteiger partial charge in [0.15, 0.2) is 0 Å². The summed E-state index contributed by atoms with van der Waals surface area (Å²) in [5.41, 5.74) is 0. The van der Waals surface area contributed by atoms with Crippen molar-refractivity contribution in [3.05, 3.63) is 11.0 Å².